The minimum atomic E-state index is -4.36. The summed E-state index contributed by atoms with van der Waals surface area (Å²) in [6.07, 6.45) is 66.7. The maximum absolute atomic E-state index is 13.0. The molecule has 66 heavy (non-hydrogen) atoms. The summed E-state index contributed by atoms with van der Waals surface area (Å²) >= 11 is 0. The molecule has 0 bridgehead atoms. The van der Waals surface area contributed by atoms with E-state index in [1.165, 1.54) is 122 Å². The number of amides is 1. The third-order valence-corrected chi connectivity index (χ3v) is 12.6. The summed E-state index contributed by atoms with van der Waals surface area (Å²) in [4.78, 5) is 23.3. The fraction of sp³-hybridized carbons (Fsp3) is 0.737. The van der Waals surface area contributed by atoms with Crippen molar-refractivity contribution in [3.63, 3.8) is 0 Å². The van der Waals surface area contributed by atoms with Crippen LogP contribution in [0, 0.1) is 0 Å². The minimum absolute atomic E-state index is 0.0489. The molecule has 3 N–H and O–H groups in total. The van der Waals surface area contributed by atoms with Gasteiger partial charge in [-0.25, -0.2) is 4.57 Å². The van der Waals surface area contributed by atoms with Gasteiger partial charge in [0.15, 0.2) is 0 Å². The van der Waals surface area contributed by atoms with Crippen LogP contribution in [0.25, 0.3) is 0 Å². The zero-order valence-electron chi connectivity index (χ0n) is 43.4. The first-order valence-corrected chi connectivity index (χ1v) is 28.5. The van der Waals surface area contributed by atoms with E-state index < -0.39 is 20.0 Å². The van der Waals surface area contributed by atoms with Gasteiger partial charge in [-0.15, -0.1) is 0 Å². The number of quaternary nitrogens is 1. The number of aliphatic hydroxyl groups excluding tert-OH is 1. The van der Waals surface area contributed by atoms with Crippen molar-refractivity contribution in [2.45, 2.75) is 231 Å². The molecule has 0 aliphatic rings. The van der Waals surface area contributed by atoms with Gasteiger partial charge in [-0.1, -0.05) is 214 Å². The van der Waals surface area contributed by atoms with Gasteiger partial charge in [-0.2, -0.15) is 0 Å². The molecule has 3 atom stereocenters. The van der Waals surface area contributed by atoms with Crippen LogP contribution in [0.2, 0.25) is 0 Å². The third kappa shape index (κ3) is 49.6. The van der Waals surface area contributed by atoms with Gasteiger partial charge < -0.3 is 19.8 Å². The predicted octanol–water partition coefficient (Wildman–Crippen LogP) is 16.1. The number of phosphoric ester groups is 1. The van der Waals surface area contributed by atoms with E-state index in [1.54, 1.807) is 6.08 Å². The van der Waals surface area contributed by atoms with Crippen LogP contribution in [0.4, 0.5) is 0 Å². The van der Waals surface area contributed by atoms with Crippen molar-refractivity contribution in [3.05, 3.63) is 85.1 Å². The highest BCUT2D eigenvalue weighted by molar-refractivity contribution is 7.47. The lowest BCUT2D eigenvalue weighted by atomic mass is 10.0. The van der Waals surface area contributed by atoms with Crippen molar-refractivity contribution >= 4 is 13.7 Å². The van der Waals surface area contributed by atoms with E-state index in [-0.39, 0.29) is 19.1 Å². The van der Waals surface area contributed by atoms with E-state index in [4.69, 9.17) is 9.05 Å². The van der Waals surface area contributed by atoms with Crippen LogP contribution < -0.4 is 5.32 Å². The molecule has 382 valence electrons. The van der Waals surface area contributed by atoms with Crippen molar-refractivity contribution in [1.29, 1.82) is 0 Å². The fourth-order valence-corrected chi connectivity index (χ4v) is 8.09. The number of hydrogen-bond donors (Lipinski definition) is 3. The number of nitrogens with one attached hydrogen (secondary N) is 1. The number of rotatable bonds is 48. The molecule has 0 saturated carbocycles. The lowest BCUT2D eigenvalue weighted by Crippen LogP contribution is -2.45. The van der Waals surface area contributed by atoms with Gasteiger partial charge in [0, 0.05) is 6.42 Å². The molecule has 8 nitrogen and oxygen atoms in total. The Balaban J connectivity index is 4.36. The standard InChI is InChI=1S/C57H103N2O6P/c1-6-8-10-12-14-16-18-20-22-24-26-28-29-31-33-35-37-39-41-43-45-47-49-51-57(61)58-55(54-65-66(62,63)64-53-52-59(3,4)5)56(60)50-48-46-44-42-40-38-36-34-32-30-27-25-23-21-19-17-15-13-11-9-7-2/h8,10,14,16,20,22,26,28,32,34,40,42,48,50,55-56,60H,6-7,9,11-13,15,17-19,21,23-25,27,29-31,33,35-39,41,43-47,49,51-54H2,1-5H3,(H-,58,61,62,63)/p+1/b10-8-,16-14-,22-20-,28-26-,34-32+,42-40+,50-48+. The van der Waals surface area contributed by atoms with Crippen LogP contribution in [0.3, 0.4) is 0 Å². The Labute approximate surface area is 407 Å². The number of phosphoric acid groups is 1. The molecule has 0 spiro atoms. The molecule has 0 saturated heterocycles. The zero-order valence-corrected chi connectivity index (χ0v) is 44.3. The molecule has 1 amide bonds. The van der Waals surface area contributed by atoms with Crippen LogP contribution in [-0.4, -0.2) is 73.4 Å². The van der Waals surface area contributed by atoms with Gasteiger partial charge in [0.25, 0.3) is 0 Å². The number of carbonyl (C=O) groups excluding carboxylic acids is 1. The van der Waals surface area contributed by atoms with E-state index in [1.807, 2.05) is 27.2 Å². The Morgan fingerprint density at radius 2 is 0.924 bits per heavy atom. The molecule has 0 aromatic heterocycles. The molecular formula is C57H104N2O6P+. The summed E-state index contributed by atoms with van der Waals surface area (Å²) in [7, 11) is 1.53. The second-order valence-electron chi connectivity index (χ2n) is 19.2. The quantitative estimate of drug-likeness (QED) is 0.0243. The molecule has 0 aromatic carbocycles. The molecule has 9 heteroatoms. The Morgan fingerprint density at radius 1 is 0.530 bits per heavy atom. The Morgan fingerprint density at radius 3 is 1.39 bits per heavy atom. The van der Waals surface area contributed by atoms with Gasteiger partial charge in [-0.05, 0) is 83.5 Å². The van der Waals surface area contributed by atoms with Crippen molar-refractivity contribution in [1.82, 2.24) is 5.32 Å². The summed E-state index contributed by atoms with van der Waals surface area (Å²) in [5.74, 6) is -0.198. The number of unbranched alkanes of at least 4 members (excludes halogenated alkanes) is 23. The molecule has 3 unspecified atom stereocenters. The lowest BCUT2D eigenvalue weighted by molar-refractivity contribution is -0.870. The number of allylic oxidation sites excluding steroid dienone is 13. The third-order valence-electron chi connectivity index (χ3n) is 11.6. The molecule has 0 fully saturated rings. The largest absolute Gasteiger partial charge is 0.472 e. The summed E-state index contributed by atoms with van der Waals surface area (Å²) in [6.45, 7) is 4.67. The second-order valence-corrected chi connectivity index (χ2v) is 20.7. The van der Waals surface area contributed by atoms with Gasteiger partial charge in [0.1, 0.15) is 13.2 Å². The number of aliphatic hydroxyl groups is 1. The van der Waals surface area contributed by atoms with E-state index in [9.17, 15) is 19.4 Å². The minimum Gasteiger partial charge on any atom is -0.387 e. The topological polar surface area (TPSA) is 105 Å². The summed E-state index contributed by atoms with van der Waals surface area (Å²) in [6, 6.07) is -0.877. The molecular weight excluding hydrogens is 840 g/mol. The van der Waals surface area contributed by atoms with Crippen LogP contribution in [0.15, 0.2) is 85.1 Å². The first-order chi connectivity index (χ1) is 32.0. The van der Waals surface area contributed by atoms with Crippen LogP contribution in [-0.2, 0) is 18.4 Å². The first kappa shape index (κ1) is 63.7. The molecule has 0 heterocycles. The van der Waals surface area contributed by atoms with E-state index in [2.05, 4.69) is 92.1 Å². The lowest BCUT2D eigenvalue weighted by Gasteiger charge is -2.25. The zero-order chi connectivity index (χ0) is 48.5. The van der Waals surface area contributed by atoms with Gasteiger partial charge in [0.2, 0.25) is 5.91 Å². The summed E-state index contributed by atoms with van der Waals surface area (Å²) in [5.41, 5.74) is 0. The molecule has 0 rings (SSSR count). The number of likely N-dealkylation sites (N-methyl/N-ethyl adjacent to an activating group) is 1. The van der Waals surface area contributed by atoms with Crippen LogP contribution in [0.1, 0.15) is 219 Å². The molecule has 0 aliphatic heterocycles. The van der Waals surface area contributed by atoms with E-state index in [0.717, 1.165) is 77.0 Å². The highest BCUT2D eigenvalue weighted by atomic mass is 31.2. The molecule has 0 aliphatic carbocycles. The molecule has 0 radical (unpaired) electrons. The smallest absolute Gasteiger partial charge is 0.387 e. The predicted molar refractivity (Wildman–Crippen MR) is 286 cm³/mol. The number of carbonyl (C=O) groups is 1. The van der Waals surface area contributed by atoms with Crippen LogP contribution in [0.5, 0.6) is 0 Å². The van der Waals surface area contributed by atoms with Gasteiger partial charge in [0.05, 0.1) is 39.9 Å². The van der Waals surface area contributed by atoms with Gasteiger partial charge in [-0.3, -0.25) is 13.8 Å². The van der Waals surface area contributed by atoms with Crippen molar-refractivity contribution in [2.75, 3.05) is 40.9 Å². The first-order valence-electron chi connectivity index (χ1n) is 27.0. The van der Waals surface area contributed by atoms with E-state index in [0.29, 0.717) is 17.4 Å². The van der Waals surface area contributed by atoms with Crippen molar-refractivity contribution < 1.29 is 32.9 Å². The highest BCUT2D eigenvalue weighted by Crippen LogP contribution is 2.43. The SMILES string of the molecule is CC/C=C\C/C=C\C/C=C\C/C=C\CCCCCCCCCCCCC(=O)NC(COP(=O)(O)OCC[N+](C)(C)C)C(O)/C=C/CC/C=C/CC/C=C/CCCCCCCCCCCCC. The average Bonchev–Trinajstić information content (AvgIpc) is 3.28. The van der Waals surface area contributed by atoms with E-state index >= 15 is 0 Å². The number of hydrogen-bond acceptors (Lipinski definition) is 5. The Kier molecular flexibility index (Phi) is 46.1. The highest BCUT2D eigenvalue weighted by Gasteiger charge is 2.27. The second kappa shape index (κ2) is 47.7. The maximum atomic E-state index is 13.0. The summed E-state index contributed by atoms with van der Waals surface area (Å²) < 4.78 is 23.7. The monoisotopic (exact) mass is 944 g/mol. The Bertz CT molecular complexity index is 1350. The Hall–Kier alpha value is -2.32. The summed E-state index contributed by atoms with van der Waals surface area (Å²) in [5, 5.41) is 13.9. The van der Waals surface area contributed by atoms with Crippen molar-refractivity contribution in [2.24, 2.45) is 0 Å². The van der Waals surface area contributed by atoms with Gasteiger partial charge >= 0.3 is 7.82 Å². The maximum Gasteiger partial charge on any atom is 0.472 e. The molecule has 0 aromatic rings. The fourth-order valence-electron chi connectivity index (χ4n) is 7.36. The van der Waals surface area contributed by atoms with Crippen molar-refractivity contribution in [3.8, 4) is 0 Å². The average molecular weight is 944 g/mol. The normalized spacial score (nSPS) is 14.7. The number of nitrogens with zero attached hydrogens (tertiary/aromatic N) is 1. The van der Waals surface area contributed by atoms with Crippen LogP contribution >= 0.6 is 7.82 Å².